The minimum Gasteiger partial charge on any atom is -0.361 e. The molecular formula is C16H8N4S2. The summed E-state index contributed by atoms with van der Waals surface area (Å²) in [5.74, 6) is 0.472. The molecule has 0 saturated carbocycles. The Labute approximate surface area is 134 Å². The van der Waals surface area contributed by atoms with Gasteiger partial charge >= 0.3 is 0 Å². The molecule has 0 spiro atoms. The van der Waals surface area contributed by atoms with E-state index in [1.807, 2.05) is 29.0 Å². The van der Waals surface area contributed by atoms with Crippen LogP contribution in [0.5, 0.6) is 0 Å². The van der Waals surface area contributed by atoms with Crippen LogP contribution in [0.2, 0.25) is 0 Å². The number of thiophene rings is 2. The zero-order valence-corrected chi connectivity index (χ0v) is 12.9. The monoisotopic (exact) mass is 320 g/mol. The summed E-state index contributed by atoms with van der Waals surface area (Å²) in [5, 5.41) is 14.7. The first-order valence-electron chi connectivity index (χ1n) is 6.26. The van der Waals surface area contributed by atoms with Crippen molar-refractivity contribution in [3.05, 3.63) is 64.3 Å². The highest BCUT2D eigenvalue weighted by Gasteiger charge is 2.00. The van der Waals surface area contributed by atoms with Crippen molar-refractivity contribution >= 4 is 48.9 Å². The van der Waals surface area contributed by atoms with Crippen LogP contribution in [-0.4, -0.2) is 9.97 Å². The molecule has 0 saturated heterocycles. The van der Waals surface area contributed by atoms with Crippen LogP contribution in [0.1, 0.15) is 5.56 Å². The van der Waals surface area contributed by atoms with Gasteiger partial charge in [-0.2, -0.15) is 5.26 Å². The number of nitrogens with zero attached hydrogens (tertiary/aromatic N) is 4. The zero-order valence-electron chi connectivity index (χ0n) is 11.2. The highest BCUT2D eigenvalue weighted by Crippen LogP contribution is 2.21. The molecule has 4 aromatic heterocycles. The summed E-state index contributed by atoms with van der Waals surface area (Å²) in [4.78, 5) is 13.4. The third kappa shape index (κ3) is 2.79. The van der Waals surface area contributed by atoms with E-state index in [1.165, 1.54) is 0 Å². The lowest BCUT2D eigenvalue weighted by atomic mass is 10.2. The van der Waals surface area contributed by atoms with Crippen molar-refractivity contribution in [2.24, 2.45) is 0 Å². The van der Waals surface area contributed by atoms with Crippen molar-refractivity contribution in [3.8, 4) is 6.07 Å². The summed E-state index contributed by atoms with van der Waals surface area (Å²) in [6.45, 7) is 6.74. The molecule has 22 heavy (non-hydrogen) atoms. The Kier molecular flexibility index (Phi) is 4.06. The van der Waals surface area contributed by atoms with Crippen molar-refractivity contribution in [2.75, 3.05) is 0 Å². The minimum absolute atomic E-state index is 0.472. The van der Waals surface area contributed by atoms with Crippen molar-refractivity contribution in [1.29, 1.82) is 5.26 Å². The van der Waals surface area contributed by atoms with E-state index in [0.717, 1.165) is 20.4 Å². The molecule has 0 aliphatic heterocycles. The second-order valence-electron chi connectivity index (χ2n) is 4.21. The summed E-state index contributed by atoms with van der Waals surface area (Å²) in [6.07, 6.45) is 1.66. The van der Waals surface area contributed by atoms with Crippen LogP contribution in [-0.2, 0) is 0 Å². The van der Waals surface area contributed by atoms with Gasteiger partial charge < -0.3 is 4.85 Å². The lowest BCUT2D eigenvalue weighted by molar-refractivity contribution is 1.42. The van der Waals surface area contributed by atoms with E-state index >= 15 is 0 Å². The molecule has 0 fully saturated rings. The average molecular weight is 320 g/mol. The molecule has 0 aliphatic rings. The molecule has 104 valence electrons. The Morgan fingerprint density at radius 3 is 2.68 bits per heavy atom. The second kappa shape index (κ2) is 6.31. The molecule has 0 atom stereocenters. The van der Waals surface area contributed by atoms with E-state index in [-0.39, 0.29) is 0 Å². The molecule has 0 bridgehead atoms. The van der Waals surface area contributed by atoms with Crippen molar-refractivity contribution < 1.29 is 0 Å². The number of aromatic nitrogens is 2. The van der Waals surface area contributed by atoms with Gasteiger partial charge in [-0.15, -0.1) is 16.3 Å². The van der Waals surface area contributed by atoms with Crippen LogP contribution >= 0.6 is 22.7 Å². The van der Waals surface area contributed by atoms with E-state index < -0.39 is 0 Å². The maximum atomic E-state index is 8.68. The fraction of sp³-hybridized carbons (Fsp3) is 0. The van der Waals surface area contributed by atoms with Gasteiger partial charge in [0.1, 0.15) is 4.83 Å². The molecular weight excluding hydrogens is 312 g/mol. The number of hydrogen-bond donors (Lipinski definition) is 0. The normalized spacial score (nSPS) is 9.73. The van der Waals surface area contributed by atoms with Gasteiger partial charge in [-0.1, -0.05) is 24.0 Å². The largest absolute Gasteiger partial charge is 0.361 e. The molecule has 0 N–H and O–H groups in total. The van der Waals surface area contributed by atoms with Crippen LogP contribution in [0.4, 0.5) is 5.82 Å². The number of rotatable bonds is 0. The van der Waals surface area contributed by atoms with Crippen LogP contribution in [0.25, 0.3) is 25.3 Å². The van der Waals surface area contributed by atoms with Crippen LogP contribution in [0.15, 0.2) is 47.3 Å². The zero-order chi connectivity index (χ0) is 15.4. The van der Waals surface area contributed by atoms with Gasteiger partial charge in [0.05, 0.1) is 11.6 Å². The Balaban J connectivity index is 0.000000131. The minimum atomic E-state index is 0.472. The summed E-state index contributed by atoms with van der Waals surface area (Å²) < 4.78 is 0. The molecule has 4 rings (SSSR count). The predicted molar refractivity (Wildman–Crippen MR) is 90.2 cm³/mol. The van der Waals surface area contributed by atoms with Gasteiger partial charge in [-0.05, 0) is 35.0 Å². The summed E-state index contributed by atoms with van der Waals surface area (Å²) in [7, 11) is 0. The highest BCUT2D eigenvalue weighted by molar-refractivity contribution is 7.17. The fourth-order valence-corrected chi connectivity index (χ4v) is 3.39. The molecule has 4 aromatic rings. The lowest BCUT2D eigenvalue weighted by Gasteiger charge is -1.88. The standard InChI is InChI=1S/2C8H4N2S/c1-9-7-3-2-6-4-5-11-8(6)10-7;9-5-6-1-3-10-8-7(6)2-4-11-8/h2-5H;1-4H. The molecule has 0 unspecified atom stereocenters. The molecule has 0 radical (unpaired) electrons. The quantitative estimate of drug-likeness (QED) is 0.428. The first-order valence-corrected chi connectivity index (χ1v) is 8.02. The third-order valence-electron chi connectivity index (χ3n) is 2.91. The number of nitriles is 1. The molecule has 0 aliphatic carbocycles. The van der Waals surface area contributed by atoms with Gasteiger partial charge in [0, 0.05) is 17.0 Å². The number of hydrogen-bond acceptors (Lipinski definition) is 5. The van der Waals surface area contributed by atoms with Gasteiger partial charge in [-0.25, -0.2) is 4.98 Å². The van der Waals surface area contributed by atoms with Crippen molar-refractivity contribution in [1.82, 2.24) is 9.97 Å². The van der Waals surface area contributed by atoms with E-state index in [2.05, 4.69) is 20.9 Å². The van der Waals surface area contributed by atoms with Gasteiger partial charge in [0.15, 0.2) is 0 Å². The molecule has 4 nitrogen and oxygen atoms in total. The Morgan fingerprint density at radius 1 is 1.05 bits per heavy atom. The first kappa shape index (κ1) is 14.2. The van der Waals surface area contributed by atoms with E-state index in [0.29, 0.717) is 11.4 Å². The molecule has 0 amide bonds. The van der Waals surface area contributed by atoms with E-state index in [4.69, 9.17) is 11.8 Å². The van der Waals surface area contributed by atoms with Crippen molar-refractivity contribution in [2.45, 2.75) is 0 Å². The fourth-order valence-electron chi connectivity index (χ4n) is 1.87. The number of fused-ring (bicyclic) bond motifs is 2. The maximum absolute atomic E-state index is 8.68. The summed E-state index contributed by atoms with van der Waals surface area (Å²) >= 11 is 3.12. The SMILES string of the molecule is N#Cc1ccnc2sccc12.[C-]#[N+]c1ccc2ccsc2n1. The highest BCUT2D eigenvalue weighted by atomic mass is 32.1. The Morgan fingerprint density at radius 2 is 1.86 bits per heavy atom. The average Bonchev–Trinajstić information content (AvgIpc) is 3.22. The first-order chi connectivity index (χ1) is 10.8. The van der Waals surface area contributed by atoms with E-state index in [1.54, 1.807) is 41.0 Å². The third-order valence-corrected chi connectivity index (χ3v) is 4.55. The Bertz CT molecular complexity index is 1020. The second-order valence-corrected chi connectivity index (χ2v) is 6.00. The molecule has 0 aromatic carbocycles. The maximum Gasteiger partial charge on any atom is 0.271 e. The van der Waals surface area contributed by atoms with Crippen LogP contribution < -0.4 is 0 Å². The van der Waals surface area contributed by atoms with Crippen LogP contribution in [0.3, 0.4) is 0 Å². The smallest absolute Gasteiger partial charge is 0.271 e. The van der Waals surface area contributed by atoms with Crippen molar-refractivity contribution in [3.63, 3.8) is 0 Å². The predicted octanol–water partition coefficient (Wildman–Crippen LogP) is 5.02. The number of pyridine rings is 2. The lowest BCUT2D eigenvalue weighted by Crippen LogP contribution is -1.76. The summed E-state index contributed by atoms with van der Waals surface area (Å²) in [5.41, 5.74) is 0.705. The topological polar surface area (TPSA) is 53.9 Å². The van der Waals surface area contributed by atoms with Gasteiger partial charge in [0.25, 0.3) is 5.82 Å². The molecule has 4 heterocycles. The Hall–Kier alpha value is -2.80. The molecule has 6 heteroatoms. The van der Waals surface area contributed by atoms with E-state index in [9.17, 15) is 0 Å². The summed E-state index contributed by atoms with van der Waals surface area (Å²) in [6, 6.07) is 11.4. The van der Waals surface area contributed by atoms with Gasteiger partial charge in [0.2, 0.25) is 4.83 Å². The van der Waals surface area contributed by atoms with Gasteiger partial charge in [-0.3, -0.25) is 0 Å². The van der Waals surface area contributed by atoms with Crippen LogP contribution in [0, 0.1) is 17.9 Å².